The van der Waals surface area contributed by atoms with Gasteiger partial charge in [-0.1, -0.05) is 24.4 Å². The van der Waals surface area contributed by atoms with Crippen LogP contribution in [-0.2, 0) is 10.0 Å². The number of sulfonamides is 1. The molecule has 15 heavy (non-hydrogen) atoms. The number of halogens is 1. The van der Waals surface area contributed by atoms with Crippen LogP contribution in [0.4, 0.5) is 0 Å². The Bertz CT molecular complexity index is 473. The molecule has 0 aromatic heterocycles. The van der Waals surface area contributed by atoms with Crippen molar-refractivity contribution in [3.63, 3.8) is 0 Å². The van der Waals surface area contributed by atoms with Crippen LogP contribution in [0.25, 0.3) is 0 Å². The molecular formula is C8H9BrN2O2S2. The summed E-state index contributed by atoms with van der Waals surface area (Å²) in [4.78, 5) is 0.270. The van der Waals surface area contributed by atoms with Gasteiger partial charge in [0.15, 0.2) is 0 Å². The lowest BCUT2D eigenvalue weighted by Gasteiger charge is -2.07. The summed E-state index contributed by atoms with van der Waals surface area (Å²) in [7, 11) is -3.55. The number of hydrogen-bond donors (Lipinski definition) is 2. The van der Waals surface area contributed by atoms with E-state index >= 15 is 0 Å². The second kappa shape index (κ2) is 5.02. The molecule has 0 unspecified atom stereocenters. The standard InChI is InChI=1S/C8H9BrN2O2S2/c9-6-3-1-2-4-7(6)15(12,13)11-5-8(10)14/h1-4,11H,5H2,(H2,10,14). The van der Waals surface area contributed by atoms with Gasteiger partial charge in [0.25, 0.3) is 0 Å². The van der Waals surface area contributed by atoms with E-state index < -0.39 is 10.0 Å². The molecule has 0 spiro atoms. The first-order valence-corrected chi connectivity index (χ1v) is 6.64. The minimum atomic E-state index is -3.55. The second-order valence-corrected chi connectivity index (χ2v) is 5.84. The molecule has 1 aromatic rings. The first-order valence-electron chi connectivity index (χ1n) is 3.96. The summed E-state index contributed by atoms with van der Waals surface area (Å²) in [6, 6.07) is 6.51. The Morgan fingerprint density at radius 2 is 2.07 bits per heavy atom. The summed E-state index contributed by atoms with van der Waals surface area (Å²) < 4.78 is 26.2. The van der Waals surface area contributed by atoms with E-state index in [9.17, 15) is 8.42 Å². The van der Waals surface area contributed by atoms with Crippen molar-refractivity contribution in [2.45, 2.75) is 4.90 Å². The molecule has 0 radical (unpaired) electrons. The number of nitrogens with two attached hydrogens (primary N) is 1. The quantitative estimate of drug-likeness (QED) is 0.814. The first-order chi connectivity index (χ1) is 6.93. The van der Waals surface area contributed by atoms with Crippen molar-refractivity contribution in [2.75, 3.05) is 6.54 Å². The Labute approximate surface area is 102 Å². The maximum Gasteiger partial charge on any atom is 0.242 e. The Hall–Kier alpha value is -0.500. The summed E-state index contributed by atoms with van der Waals surface area (Å²) in [6.45, 7) is -0.0427. The highest BCUT2D eigenvalue weighted by atomic mass is 79.9. The van der Waals surface area contributed by atoms with Crippen LogP contribution in [0.1, 0.15) is 0 Å². The Morgan fingerprint density at radius 3 is 2.60 bits per heavy atom. The third kappa shape index (κ3) is 3.53. The van der Waals surface area contributed by atoms with Crippen LogP contribution in [0.15, 0.2) is 33.6 Å². The summed E-state index contributed by atoms with van der Waals surface area (Å²) in [5, 5.41) is 0. The molecule has 0 fully saturated rings. The van der Waals surface area contributed by atoms with E-state index in [0.29, 0.717) is 4.47 Å². The van der Waals surface area contributed by atoms with Gasteiger partial charge in [0.1, 0.15) is 0 Å². The lowest BCUT2D eigenvalue weighted by Crippen LogP contribution is -2.32. The summed E-state index contributed by atoms with van der Waals surface area (Å²) in [6.07, 6.45) is 0. The molecule has 0 aliphatic carbocycles. The molecule has 1 rings (SSSR count). The SMILES string of the molecule is NC(=S)CNS(=O)(=O)c1ccccc1Br. The van der Waals surface area contributed by atoms with Crippen molar-refractivity contribution >= 4 is 43.2 Å². The fraction of sp³-hybridized carbons (Fsp3) is 0.125. The highest BCUT2D eigenvalue weighted by molar-refractivity contribution is 9.10. The van der Waals surface area contributed by atoms with Crippen molar-refractivity contribution in [1.82, 2.24) is 4.72 Å². The molecule has 1 aromatic carbocycles. The molecule has 0 aliphatic heterocycles. The van der Waals surface area contributed by atoms with Gasteiger partial charge in [-0.15, -0.1) is 0 Å². The molecule has 3 N–H and O–H groups in total. The van der Waals surface area contributed by atoms with Crippen molar-refractivity contribution < 1.29 is 8.42 Å². The van der Waals surface area contributed by atoms with Gasteiger partial charge in [0.2, 0.25) is 10.0 Å². The molecule has 0 heterocycles. The molecule has 0 saturated carbocycles. The maximum atomic E-state index is 11.7. The number of hydrogen-bond acceptors (Lipinski definition) is 3. The van der Waals surface area contributed by atoms with Gasteiger partial charge < -0.3 is 5.73 Å². The Balaban J connectivity index is 2.97. The number of thiocarbonyl (C=S) groups is 1. The van der Waals surface area contributed by atoms with E-state index in [1.165, 1.54) is 6.07 Å². The predicted octanol–water partition coefficient (Wildman–Crippen LogP) is 1.01. The molecule has 0 aliphatic rings. The van der Waals surface area contributed by atoms with Crippen molar-refractivity contribution in [3.8, 4) is 0 Å². The zero-order valence-corrected chi connectivity index (χ0v) is 10.8. The minimum Gasteiger partial charge on any atom is -0.392 e. The third-order valence-electron chi connectivity index (χ3n) is 1.56. The zero-order valence-electron chi connectivity index (χ0n) is 7.60. The molecule has 0 bridgehead atoms. The van der Waals surface area contributed by atoms with Gasteiger partial charge >= 0.3 is 0 Å². The molecule has 0 atom stereocenters. The van der Waals surface area contributed by atoms with Crippen LogP contribution in [0.5, 0.6) is 0 Å². The maximum absolute atomic E-state index is 11.7. The van der Waals surface area contributed by atoms with Crippen molar-refractivity contribution in [1.29, 1.82) is 0 Å². The fourth-order valence-electron chi connectivity index (χ4n) is 0.907. The molecule has 4 nitrogen and oxygen atoms in total. The van der Waals surface area contributed by atoms with Crippen LogP contribution in [-0.4, -0.2) is 20.0 Å². The lowest BCUT2D eigenvalue weighted by atomic mass is 10.4. The first kappa shape index (κ1) is 12.6. The van der Waals surface area contributed by atoms with Crippen LogP contribution >= 0.6 is 28.1 Å². The fourth-order valence-corrected chi connectivity index (χ4v) is 3.08. The summed E-state index contributed by atoms with van der Waals surface area (Å²) in [5.74, 6) is 0. The van der Waals surface area contributed by atoms with Gasteiger partial charge in [0.05, 0.1) is 16.4 Å². The molecule has 0 saturated heterocycles. The van der Waals surface area contributed by atoms with Crippen LogP contribution in [0, 0.1) is 0 Å². The Kier molecular flexibility index (Phi) is 4.21. The predicted molar refractivity (Wildman–Crippen MR) is 66.1 cm³/mol. The van der Waals surface area contributed by atoms with E-state index in [1.807, 2.05) is 0 Å². The van der Waals surface area contributed by atoms with Gasteiger partial charge in [-0.25, -0.2) is 13.1 Å². The van der Waals surface area contributed by atoms with Crippen molar-refractivity contribution in [2.24, 2.45) is 5.73 Å². The topological polar surface area (TPSA) is 72.2 Å². The van der Waals surface area contributed by atoms with E-state index in [0.717, 1.165) is 0 Å². The summed E-state index contributed by atoms with van der Waals surface area (Å²) in [5.41, 5.74) is 5.21. The van der Waals surface area contributed by atoms with E-state index in [2.05, 4.69) is 32.9 Å². The largest absolute Gasteiger partial charge is 0.392 e. The monoisotopic (exact) mass is 308 g/mol. The van der Waals surface area contributed by atoms with Gasteiger partial charge in [-0.3, -0.25) is 0 Å². The van der Waals surface area contributed by atoms with Crippen molar-refractivity contribution in [3.05, 3.63) is 28.7 Å². The minimum absolute atomic E-state index is 0.0427. The molecule has 7 heteroatoms. The normalized spacial score (nSPS) is 11.3. The van der Waals surface area contributed by atoms with Crippen LogP contribution in [0.2, 0.25) is 0 Å². The average molecular weight is 309 g/mol. The zero-order chi connectivity index (χ0) is 11.5. The molecule has 0 amide bonds. The highest BCUT2D eigenvalue weighted by Gasteiger charge is 2.16. The van der Waals surface area contributed by atoms with Gasteiger partial charge in [0, 0.05) is 4.47 Å². The van der Waals surface area contributed by atoms with Crippen LogP contribution in [0.3, 0.4) is 0 Å². The lowest BCUT2D eigenvalue weighted by molar-refractivity contribution is 0.586. The summed E-state index contributed by atoms with van der Waals surface area (Å²) >= 11 is 7.74. The van der Waals surface area contributed by atoms with Gasteiger partial charge in [-0.2, -0.15) is 0 Å². The van der Waals surface area contributed by atoms with E-state index in [1.54, 1.807) is 18.2 Å². The number of nitrogens with one attached hydrogen (secondary N) is 1. The third-order valence-corrected chi connectivity index (χ3v) is 4.12. The van der Waals surface area contributed by atoms with E-state index in [-0.39, 0.29) is 16.4 Å². The Morgan fingerprint density at radius 1 is 1.47 bits per heavy atom. The second-order valence-electron chi connectivity index (χ2n) is 2.72. The number of rotatable bonds is 4. The molecular weight excluding hydrogens is 300 g/mol. The smallest absolute Gasteiger partial charge is 0.242 e. The number of benzene rings is 1. The van der Waals surface area contributed by atoms with Gasteiger partial charge in [-0.05, 0) is 28.1 Å². The van der Waals surface area contributed by atoms with E-state index in [4.69, 9.17) is 5.73 Å². The van der Waals surface area contributed by atoms with Crippen LogP contribution < -0.4 is 10.5 Å². The average Bonchev–Trinajstić information content (AvgIpc) is 2.15. The highest BCUT2D eigenvalue weighted by Crippen LogP contribution is 2.20. The molecule has 82 valence electrons.